The third-order valence-corrected chi connectivity index (χ3v) is 1.44. The largest absolute Gasteiger partial charge is 0.396 e. The minimum atomic E-state index is -3.35. The van der Waals surface area contributed by atoms with Crippen LogP contribution in [0.5, 0.6) is 0 Å². The molecule has 0 radical (unpaired) electrons. The lowest BCUT2D eigenvalue weighted by Crippen LogP contribution is -2.16. The summed E-state index contributed by atoms with van der Waals surface area (Å²) in [6.07, 6.45) is 0.221. The van der Waals surface area contributed by atoms with Crippen molar-refractivity contribution in [1.82, 2.24) is 0 Å². The second-order valence-corrected chi connectivity index (χ2v) is 3.18. The molecule has 0 aliphatic rings. The van der Waals surface area contributed by atoms with Crippen molar-refractivity contribution in [3.63, 3.8) is 0 Å². The summed E-state index contributed by atoms with van der Waals surface area (Å²) in [5.74, 6) is -0.135. The van der Waals surface area contributed by atoms with Gasteiger partial charge in [0.15, 0.2) is 0 Å². The Balaban J connectivity index is 3.42. The first kappa shape index (κ1) is 7.87. The smallest absolute Gasteiger partial charge is 0.209 e. The number of rotatable bonds is 3. The van der Waals surface area contributed by atoms with E-state index in [0.717, 1.165) is 0 Å². The van der Waals surface area contributed by atoms with Gasteiger partial charge in [-0.2, -0.15) is 0 Å². The Morgan fingerprint density at radius 2 is 2.00 bits per heavy atom. The number of aliphatic hydroxyl groups is 1. The summed E-state index contributed by atoms with van der Waals surface area (Å²) < 4.78 is 20.1. The summed E-state index contributed by atoms with van der Waals surface area (Å²) in [6, 6.07) is 0. The van der Waals surface area contributed by atoms with E-state index in [-0.39, 0.29) is 18.8 Å². The van der Waals surface area contributed by atoms with Crippen LogP contribution in [0.1, 0.15) is 6.42 Å². The van der Waals surface area contributed by atoms with Crippen LogP contribution in [0.2, 0.25) is 0 Å². The molecule has 0 aliphatic heterocycles. The topological polar surface area (TPSA) is 80.4 Å². The van der Waals surface area contributed by atoms with Gasteiger partial charge in [-0.15, -0.1) is 0 Å². The van der Waals surface area contributed by atoms with Gasteiger partial charge >= 0.3 is 0 Å². The Morgan fingerprint density at radius 1 is 1.50 bits per heavy atom. The van der Waals surface area contributed by atoms with Crippen LogP contribution in [0, 0.1) is 0 Å². The van der Waals surface area contributed by atoms with Crippen molar-refractivity contribution < 1.29 is 13.5 Å². The molecule has 0 aromatic carbocycles. The highest BCUT2D eigenvalue weighted by molar-refractivity contribution is 7.89. The maximum Gasteiger partial charge on any atom is 0.209 e. The lowest BCUT2D eigenvalue weighted by molar-refractivity contribution is 0.295. The van der Waals surface area contributed by atoms with Crippen LogP contribution in [0.3, 0.4) is 0 Å². The van der Waals surface area contributed by atoms with Crippen LogP contribution in [-0.2, 0) is 10.0 Å². The zero-order chi connectivity index (χ0) is 6.62. The van der Waals surface area contributed by atoms with Crippen LogP contribution in [0.4, 0.5) is 0 Å². The van der Waals surface area contributed by atoms with Gasteiger partial charge in [-0.3, -0.25) is 0 Å². The standard InChI is InChI=1S/C3H9NO3S/c4-8(6,7)3-1-2-5/h5H,1-3H2,(H2,4,6,7). The lowest BCUT2D eigenvalue weighted by atomic mass is 10.5. The molecule has 50 valence electrons. The average Bonchev–Trinajstić information content (AvgIpc) is 1.59. The zero-order valence-corrected chi connectivity index (χ0v) is 5.19. The SMILES string of the molecule is NS(=O)(=O)CCCO. The van der Waals surface area contributed by atoms with E-state index in [1.54, 1.807) is 0 Å². The molecule has 0 rings (SSSR count). The third kappa shape index (κ3) is 5.87. The molecule has 0 amide bonds. The van der Waals surface area contributed by atoms with E-state index < -0.39 is 10.0 Å². The van der Waals surface area contributed by atoms with Gasteiger partial charge in [-0.05, 0) is 6.42 Å². The van der Waals surface area contributed by atoms with E-state index in [4.69, 9.17) is 5.11 Å². The summed E-state index contributed by atoms with van der Waals surface area (Å²) in [6.45, 7) is -0.129. The predicted molar refractivity (Wildman–Crippen MR) is 29.7 cm³/mol. The maximum atomic E-state index is 10.1. The average molecular weight is 139 g/mol. The van der Waals surface area contributed by atoms with Crippen molar-refractivity contribution in [3.8, 4) is 0 Å². The lowest BCUT2D eigenvalue weighted by Gasteiger charge is -1.91. The molecule has 0 atom stereocenters. The molecule has 0 heterocycles. The van der Waals surface area contributed by atoms with Crippen LogP contribution in [0.25, 0.3) is 0 Å². The Hall–Kier alpha value is -0.130. The maximum absolute atomic E-state index is 10.1. The van der Waals surface area contributed by atoms with Crippen molar-refractivity contribution in [2.24, 2.45) is 5.14 Å². The number of hydrogen-bond donors (Lipinski definition) is 2. The second kappa shape index (κ2) is 3.01. The number of nitrogens with two attached hydrogens (primary N) is 1. The first-order valence-electron chi connectivity index (χ1n) is 2.17. The van der Waals surface area contributed by atoms with E-state index in [1.165, 1.54) is 0 Å². The highest BCUT2D eigenvalue weighted by atomic mass is 32.2. The van der Waals surface area contributed by atoms with Gasteiger partial charge in [0.1, 0.15) is 0 Å². The van der Waals surface area contributed by atoms with Crippen LogP contribution in [0.15, 0.2) is 0 Å². The fraction of sp³-hybridized carbons (Fsp3) is 1.00. The molecular weight excluding hydrogens is 130 g/mol. The van der Waals surface area contributed by atoms with Gasteiger partial charge in [-0.25, -0.2) is 13.6 Å². The van der Waals surface area contributed by atoms with Crippen molar-refractivity contribution in [3.05, 3.63) is 0 Å². The molecule has 0 saturated carbocycles. The molecule has 0 fully saturated rings. The third-order valence-electron chi connectivity index (χ3n) is 0.587. The van der Waals surface area contributed by atoms with Crippen molar-refractivity contribution >= 4 is 10.0 Å². The van der Waals surface area contributed by atoms with E-state index >= 15 is 0 Å². The van der Waals surface area contributed by atoms with Crippen molar-refractivity contribution in [2.45, 2.75) is 6.42 Å². The van der Waals surface area contributed by atoms with Gasteiger partial charge < -0.3 is 5.11 Å². The fourth-order valence-corrected chi connectivity index (χ4v) is 0.797. The molecular formula is C3H9NO3S. The van der Waals surface area contributed by atoms with Crippen molar-refractivity contribution in [1.29, 1.82) is 0 Å². The summed E-state index contributed by atoms with van der Waals surface area (Å²) in [5.41, 5.74) is 0. The molecule has 0 aliphatic carbocycles. The number of hydrogen-bond acceptors (Lipinski definition) is 3. The summed E-state index contributed by atoms with van der Waals surface area (Å²) in [4.78, 5) is 0. The van der Waals surface area contributed by atoms with Crippen LogP contribution < -0.4 is 5.14 Å². The summed E-state index contributed by atoms with van der Waals surface area (Å²) in [5, 5.41) is 12.7. The fourth-order valence-electron chi connectivity index (χ4n) is 0.266. The number of primary sulfonamides is 1. The highest BCUT2D eigenvalue weighted by Gasteiger charge is 1.98. The molecule has 3 N–H and O–H groups in total. The summed E-state index contributed by atoms with van der Waals surface area (Å²) in [7, 11) is -3.35. The molecule has 0 aromatic rings. The predicted octanol–water partition coefficient (Wildman–Crippen LogP) is -1.34. The van der Waals surface area contributed by atoms with Gasteiger partial charge in [-0.1, -0.05) is 0 Å². The van der Waals surface area contributed by atoms with Crippen LogP contribution >= 0.6 is 0 Å². The zero-order valence-electron chi connectivity index (χ0n) is 4.37. The Labute approximate surface area is 48.4 Å². The number of sulfonamides is 1. The quantitative estimate of drug-likeness (QED) is 0.507. The normalized spacial score (nSPS) is 11.8. The molecule has 0 bridgehead atoms. The molecule has 0 unspecified atom stereocenters. The van der Waals surface area contributed by atoms with Gasteiger partial charge in [0, 0.05) is 6.61 Å². The molecule has 4 nitrogen and oxygen atoms in total. The van der Waals surface area contributed by atoms with Crippen LogP contribution in [-0.4, -0.2) is 25.9 Å². The number of aliphatic hydroxyl groups excluding tert-OH is 1. The first-order valence-corrected chi connectivity index (χ1v) is 3.89. The molecule has 8 heavy (non-hydrogen) atoms. The second-order valence-electron chi connectivity index (χ2n) is 1.44. The van der Waals surface area contributed by atoms with E-state index in [2.05, 4.69) is 5.14 Å². The van der Waals surface area contributed by atoms with Gasteiger partial charge in [0.25, 0.3) is 0 Å². The Morgan fingerprint density at radius 3 is 2.12 bits per heavy atom. The van der Waals surface area contributed by atoms with E-state index in [1.807, 2.05) is 0 Å². The van der Waals surface area contributed by atoms with E-state index in [0.29, 0.717) is 0 Å². The minimum absolute atomic E-state index is 0.129. The molecule has 0 saturated heterocycles. The van der Waals surface area contributed by atoms with Gasteiger partial charge in [0.2, 0.25) is 10.0 Å². The molecule has 5 heteroatoms. The Bertz CT molecular complexity index is 139. The van der Waals surface area contributed by atoms with E-state index in [9.17, 15) is 8.42 Å². The molecule has 0 spiro atoms. The van der Waals surface area contributed by atoms with Gasteiger partial charge in [0.05, 0.1) is 5.75 Å². The summed E-state index contributed by atoms with van der Waals surface area (Å²) >= 11 is 0. The first-order chi connectivity index (χ1) is 3.56. The highest BCUT2D eigenvalue weighted by Crippen LogP contribution is 1.81. The Kier molecular flexibility index (Phi) is 2.96. The monoisotopic (exact) mass is 139 g/mol. The van der Waals surface area contributed by atoms with Crippen molar-refractivity contribution in [2.75, 3.05) is 12.4 Å². The molecule has 0 aromatic heterocycles. The minimum Gasteiger partial charge on any atom is -0.396 e.